The molecular formula is C10H15F3N4O. The van der Waals surface area contributed by atoms with Gasteiger partial charge >= 0.3 is 6.18 Å². The predicted molar refractivity (Wildman–Crippen MR) is 59.9 cm³/mol. The number of unbranched alkanes of at least 4 members (excludes halogenated alkanes) is 1. The number of rotatable bonds is 5. The van der Waals surface area contributed by atoms with E-state index in [0.717, 1.165) is 4.90 Å². The SMILES string of the molecule is CCCCN(CC(F)(F)F)C(=O)c1cc(N)n[nH]1. The van der Waals surface area contributed by atoms with Crippen molar-refractivity contribution in [3.63, 3.8) is 0 Å². The van der Waals surface area contributed by atoms with Crippen LogP contribution in [0.5, 0.6) is 0 Å². The Morgan fingerprint density at radius 3 is 2.67 bits per heavy atom. The Kier molecular flexibility index (Phi) is 4.57. The van der Waals surface area contributed by atoms with Crippen molar-refractivity contribution in [2.24, 2.45) is 0 Å². The van der Waals surface area contributed by atoms with Crippen molar-refractivity contribution in [1.29, 1.82) is 0 Å². The number of carbonyl (C=O) groups is 1. The fourth-order valence-electron chi connectivity index (χ4n) is 1.43. The lowest BCUT2D eigenvalue weighted by molar-refractivity contribution is -0.140. The minimum Gasteiger partial charge on any atom is -0.382 e. The van der Waals surface area contributed by atoms with E-state index < -0.39 is 18.6 Å². The fourth-order valence-corrected chi connectivity index (χ4v) is 1.43. The van der Waals surface area contributed by atoms with Crippen molar-refractivity contribution in [3.8, 4) is 0 Å². The van der Waals surface area contributed by atoms with Crippen LogP contribution in [0, 0.1) is 0 Å². The maximum Gasteiger partial charge on any atom is 0.406 e. The molecule has 0 atom stereocenters. The predicted octanol–water partition coefficient (Wildman–Crippen LogP) is 1.80. The molecule has 18 heavy (non-hydrogen) atoms. The summed E-state index contributed by atoms with van der Waals surface area (Å²) in [6, 6.07) is 1.22. The van der Waals surface area contributed by atoms with Crippen LogP contribution in [0.1, 0.15) is 30.3 Å². The second kappa shape index (κ2) is 5.74. The molecular weight excluding hydrogens is 249 g/mol. The Balaban J connectivity index is 2.78. The number of aromatic nitrogens is 2. The maximum absolute atomic E-state index is 12.4. The van der Waals surface area contributed by atoms with Gasteiger partial charge in [0.15, 0.2) is 0 Å². The molecule has 0 radical (unpaired) electrons. The number of halogens is 3. The Hall–Kier alpha value is -1.73. The van der Waals surface area contributed by atoms with Gasteiger partial charge < -0.3 is 10.6 Å². The molecule has 0 aliphatic heterocycles. The maximum atomic E-state index is 12.4. The first-order valence-electron chi connectivity index (χ1n) is 5.50. The first-order chi connectivity index (χ1) is 8.33. The number of alkyl halides is 3. The normalized spacial score (nSPS) is 11.6. The highest BCUT2D eigenvalue weighted by Crippen LogP contribution is 2.18. The molecule has 1 amide bonds. The Morgan fingerprint density at radius 2 is 2.22 bits per heavy atom. The summed E-state index contributed by atoms with van der Waals surface area (Å²) >= 11 is 0. The third-order valence-corrected chi connectivity index (χ3v) is 2.27. The van der Waals surface area contributed by atoms with Gasteiger partial charge in [-0.3, -0.25) is 9.89 Å². The van der Waals surface area contributed by atoms with E-state index in [1.54, 1.807) is 0 Å². The van der Waals surface area contributed by atoms with Crippen molar-refractivity contribution >= 4 is 11.7 Å². The highest BCUT2D eigenvalue weighted by atomic mass is 19.4. The molecule has 1 aromatic rings. The largest absolute Gasteiger partial charge is 0.406 e. The minimum absolute atomic E-state index is 0.0344. The van der Waals surface area contributed by atoms with Gasteiger partial charge in [0, 0.05) is 12.6 Å². The van der Waals surface area contributed by atoms with E-state index in [2.05, 4.69) is 10.2 Å². The molecule has 3 N–H and O–H groups in total. The number of H-pyrrole nitrogens is 1. The lowest BCUT2D eigenvalue weighted by Crippen LogP contribution is -2.39. The van der Waals surface area contributed by atoms with Crippen LogP contribution in [0.3, 0.4) is 0 Å². The van der Waals surface area contributed by atoms with Crippen molar-refractivity contribution in [3.05, 3.63) is 11.8 Å². The average molecular weight is 264 g/mol. The van der Waals surface area contributed by atoms with E-state index in [1.807, 2.05) is 6.92 Å². The molecule has 102 valence electrons. The fraction of sp³-hybridized carbons (Fsp3) is 0.600. The number of aromatic amines is 1. The molecule has 0 aliphatic rings. The third kappa shape index (κ3) is 4.27. The molecule has 1 aromatic heterocycles. The lowest BCUT2D eigenvalue weighted by Gasteiger charge is -2.23. The molecule has 0 aromatic carbocycles. The number of carbonyl (C=O) groups excluding carboxylic acids is 1. The van der Waals surface area contributed by atoms with Gasteiger partial charge in [-0.15, -0.1) is 0 Å². The molecule has 0 bridgehead atoms. The molecule has 5 nitrogen and oxygen atoms in total. The van der Waals surface area contributed by atoms with Crippen LogP contribution < -0.4 is 5.73 Å². The van der Waals surface area contributed by atoms with Crippen molar-refractivity contribution in [2.45, 2.75) is 25.9 Å². The molecule has 1 heterocycles. The molecule has 0 saturated carbocycles. The molecule has 8 heteroatoms. The molecule has 0 unspecified atom stereocenters. The molecule has 1 rings (SSSR count). The average Bonchev–Trinajstić information content (AvgIpc) is 2.68. The van der Waals surface area contributed by atoms with E-state index in [0.29, 0.717) is 12.8 Å². The van der Waals surface area contributed by atoms with Crippen LogP contribution in [0.15, 0.2) is 6.07 Å². The molecule has 0 fully saturated rings. The highest BCUT2D eigenvalue weighted by molar-refractivity contribution is 5.93. The summed E-state index contributed by atoms with van der Waals surface area (Å²) < 4.78 is 37.1. The zero-order valence-corrected chi connectivity index (χ0v) is 9.92. The van der Waals surface area contributed by atoms with E-state index in [4.69, 9.17) is 5.73 Å². The summed E-state index contributed by atoms with van der Waals surface area (Å²) in [6.45, 7) is 0.614. The van der Waals surface area contributed by atoms with E-state index in [9.17, 15) is 18.0 Å². The summed E-state index contributed by atoms with van der Waals surface area (Å²) in [7, 11) is 0. The van der Waals surface area contributed by atoms with Crippen molar-refractivity contribution in [2.75, 3.05) is 18.8 Å². The summed E-state index contributed by atoms with van der Waals surface area (Å²) in [5.74, 6) is -0.675. The number of nitrogen functional groups attached to an aromatic ring is 1. The number of amides is 1. The van der Waals surface area contributed by atoms with Gasteiger partial charge in [-0.1, -0.05) is 13.3 Å². The monoisotopic (exact) mass is 264 g/mol. The molecule has 0 aliphatic carbocycles. The van der Waals surface area contributed by atoms with Gasteiger partial charge in [0.1, 0.15) is 18.1 Å². The van der Waals surface area contributed by atoms with E-state index in [-0.39, 0.29) is 18.1 Å². The van der Waals surface area contributed by atoms with Crippen LogP contribution in [0.25, 0.3) is 0 Å². The third-order valence-electron chi connectivity index (χ3n) is 2.27. The number of anilines is 1. The molecule has 0 spiro atoms. The topological polar surface area (TPSA) is 75.0 Å². The summed E-state index contributed by atoms with van der Waals surface area (Å²) in [5, 5.41) is 5.84. The van der Waals surface area contributed by atoms with Crippen LogP contribution in [0.4, 0.5) is 19.0 Å². The van der Waals surface area contributed by atoms with Crippen LogP contribution >= 0.6 is 0 Å². The van der Waals surface area contributed by atoms with Crippen LogP contribution in [0.2, 0.25) is 0 Å². The number of hydrogen-bond acceptors (Lipinski definition) is 3. The Morgan fingerprint density at radius 1 is 1.56 bits per heavy atom. The minimum atomic E-state index is -4.42. The quantitative estimate of drug-likeness (QED) is 0.851. The Labute approximate surface area is 102 Å². The first kappa shape index (κ1) is 14.3. The van der Waals surface area contributed by atoms with Gasteiger partial charge in [-0.05, 0) is 6.42 Å². The number of hydrogen-bond donors (Lipinski definition) is 2. The highest BCUT2D eigenvalue weighted by Gasteiger charge is 2.33. The van der Waals surface area contributed by atoms with Gasteiger partial charge in [-0.2, -0.15) is 18.3 Å². The zero-order valence-electron chi connectivity index (χ0n) is 9.92. The zero-order chi connectivity index (χ0) is 13.8. The summed E-state index contributed by atoms with van der Waals surface area (Å²) in [4.78, 5) is 12.6. The van der Waals surface area contributed by atoms with Gasteiger partial charge in [0.2, 0.25) is 0 Å². The van der Waals surface area contributed by atoms with E-state index in [1.165, 1.54) is 6.07 Å². The second-order valence-electron chi connectivity index (χ2n) is 3.90. The number of nitrogens with one attached hydrogen (secondary N) is 1. The van der Waals surface area contributed by atoms with Gasteiger partial charge in [-0.25, -0.2) is 0 Å². The lowest BCUT2D eigenvalue weighted by atomic mass is 10.3. The van der Waals surface area contributed by atoms with Crippen LogP contribution in [-0.4, -0.2) is 40.3 Å². The Bertz CT molecular complexity index is 402. The smallest absolute Gasteiger partial charge is 0.382 e. The van der Waals surface area contributed by atoms with Gasteiger partial charge in [0.05, 0.1) is 0 Å². The van der Waals surface area contributed by atoms with Crippen molar-refractivity contribution < 1.29 is 18.0 Å². The van der Waals surface area contributed by atoms with Crippen LogP contribution in [-0.2, 0) is 0 Å². The van der Waals surface area contributed by atoms with Crippen molar-refractivity contribution in [1.82, 2.24) is 15.1 Å². The van der Waals surface area contributed by atoms with Gasteiger partial charge in [0.25, 0.3) is 5.91 Å². The summed E-state index contributed by atoms with van der Waals surface area (Å²) in [5.41, 5.74) is 5.27. The summed E-state index contributed by atoms with van der Waals surface area (Å²) in [6.07, 6.45) is -3.22. The van der Waals surface area contributed by atoms with E-state index >= 15 is 0 Å². The number of nitrogens with zero attached hydrogens (tertiary/aromatic N) is 2. The standard InChI is InChI=1S/C10H15F3N4O/c1-2-3-4-17(6-10(11,12)13)9(18)7-5-8(14)16-15-7/h5H,2-4,6H2,1H3,(H3,14,15,16). The number of nitrogens with two attached hydrogens (primary N) is 1. The second-order valence-corrected chi connectivity index (χ2v) is 3.90. The molecule has 0 saturated heterocycles. The first-order valence-corrected chi connectivity index (χ1v) is 5.50.